The van der Waals surface area contributed by atoms with Gasteiger partial charge in [0.25, 0.3) is 0 Å². The van der Waals surface area contributed by atoms with Crippen LogP contribution in [0.25, 0.3) is 11.1 Å². The third kappa shape index (κ3) is 3.02. The van der Waals surface area contributed by atoms with Crippen LogP contribution in [0, 0.1) is 0 Å². The Hall–Kier alpha value is -1.80. The fraction of sp³-hybridized carbons (Fsp3) is 0.286. The van der Waals surface area contributed by atoms with Crippen molar-refractivity contribution in [1.82, 2.24) is 0 Å². The van der Waals surface area contributed by atoms with E-state index in [1.54, 1.807) is 0 Å². The Morgan fingerprint density at radius 1 is 0.682 bits per heavy atom. The van der Waals surface area contributed by atoms with Crippen LogP contribution in [0.2, 0.25) is 0 Å². The number of rotatable bonds is 2. The van der Waals surface area contributed by atoms with E-state index < -0.39 is 35.7 Å². The highest BCUT2D eigenvalue weighted by atomic mass is 19.4. The highest BCUT2D eigenvalue weighted by molar-refractivity contribution is 5.75. The zero-order valence-corrected chi connectivity index (χ0v) is 10.8. The summed E-state index contributed by atoms with van der Waals surface area (Å²) in [4.78, 5) is 0. The van der Waals surface area contributed by atoms with Crippen LogP contribution in [-0.4, -0.2) is 22.6 Å². The van der Waals surface area contributed by atoms with Crippen LogP contribution in [-0.2, 0) is 0 Å². The molecule has 2 N–H and O–H groups in total. The van der Waals surface area contributed by atoms with E-state index in [-0.39, 0.29) is 11.1 Å². The summed E-state index contributed by atoms with van der Waals surface area (Å²) in [5.41, 5.74) is -1.85. The fourth-order valence-electron chi connectivity index (χ4n) is 2.18. The lowest BCUT2D eigenvalue weighted by Gasteiger charge is -2.14. The zero-order valence-electron chi connectivity index (χ0n) is 10.8. The summed E-state index contributed by atoms with van der Waals surface area (Å²) in [6, 6.07) is 6.93. The first-order chi connectivity index (χ1) is 10.0. The Kier molecular flexibility index (Phi) is 4.09. The second-order valence-corrected chi connectivity index (χ2v) is 4.68. The lowest BCUT2D eigenvalue weighted by atomic mass is 10.0. The lowest BCUT2D eigenvalue weighted by Crippen LogP contribution is -2.20. The van der Waals surface area contributed by atoms with Crippen molar-refractivity contribution in [2.45, 2.75) is 24.6 Å². The first kappa shape index (κ1) is 16.6. The van der Waals surface area contributed by atoms with Gasteiger partial charge < -0.3 is 10.2 Å². The second kappa shape index (κ2) is 5.44. The number of aliphatic hydroxyl groups excluding tert-OH is 2. The maximum Gasteiger partial charge on any atom is 0.418 e. The van der Waals surface area contributed by atoms with Gasteiger partial charge in [0.05, 0.1) is 0 Å². The highest BCUT2D eigenvalue weighted by Gasteiger charge is 2.45. The summed E-state index contributed by atoms with van der Waals surface area (Å²) in [6.07, 6.45) is -15.9. The van der Waals surface area contributed by atoms with Gasteiger partial charge in [0.1, 0.15) is 0 Å². The smallest absolute Gasteiger partial charge is 0.379 e. The molecule has 22 heavy (non-hydrogen) atoms. The minimum atomic E-state index is -5.03. The monoisotopic (exact) mass is 324 g/mol. The molecule has 0 aromatic carbocycles. The van der Waals surface area contributed by atoms with E-state index >= 15 is 0 Å². The van der Waals surface area contributed by atoms with E-state index in [1.807, 2.05) is 0 Å². The van der Waals surface area contributed by atoms with Crippen LogP contribution in [0.4, 0.5) is 26.3 Å². The van der Waals surface area contributed by atoms with Gasteiger partial charge in [0, 0.05) is 0 Å². The number of fused-ring (bicyclic) bond motifs is 1. The van der Waals surface area contributed by atoms with E-state index in [4.69, 9.17) is 0 Å². The van der Waals surface area contributed by atoms with Crippen LogP contribution < -0.4 is 0 Å². The van der Waals surface area contributed by atoms with Crippen molar-refractivity contribution < 1.29 is 36.6 Å². The minimum Gasteiger partial charge on any atom is -0.379 e. The predicted octanol–water partition coefficient (Wildman–Crippen LogP) is 3.98. The molecule has 8 heteroatoms. The molecule has 2 atom stereocenters. The first-order valence-corrected chi connectivity index (χ1v) is 6.04. The molecule has 0 aliphatic heterocycles. The molecule has 0 aromatic rings. The zero-order chi connectivity index (χ0) is 16.7. The van der Waals surface area contributed by atoms with Crippen molar-refractivity contribution >= 4 is 0 Å². The van der Waals surface area contributed by atoms with E-state index in [0.717, 1.165) is 12.1 Å². The predicted molar refractivity (Wildman–Crippen MR) is 65.1 cm³/mol. The third-order valence-corrected chi connectivity index (χ3v) is 3.18. The maximum absolute atomic E-state index is 12.7. The van der Waals surface area contributed by atoms with Gasteiger partial charge in [0.2, 0.25) is 0 Å². The number of hydrogen-bond acceptors (Lipinski definition) is 2. The molecule has 120 valence electrons. The molecule has 0 saturated heterocycles. The maximum atomic E-state index is 12.7. The Bertz CT molecular complexity index is 583. The van der Waals surface area contributed by atoms with Crippen molar-refractivity contribution in [3.05, 3.63) is 47.5 Å². The van der Waals surface area contributed by atoms with Crippen molar-refractivity contribution in [1.29, 1.82) is 0 Å². The van der Waals surface area contributed by atoms with Gasteiger partial charge in [-0.1, -0.05) is 30.3 Å². The standard InChI is InChI=1S/C14H10F6O2/c15-13(16,17)11(21)9-6-10(12(22)14(18,19)20)8-5-3-1-2-4-7(8)9/h1-6,11-12,21-22H. The number of hydrogen-bond donors (Lipinski definition) is 2. The highest BCUT2D eigenvalue weighted by Crippen LogP contribution is 2.46. The summed E-state index contributed by atoms with van der Waals surface area (Å²) in [5.74, 6) is 0. The van der Waals surface area contributed by atoms with Crippen LogP contribution in [0.15, 0.2) is 36.4 Å². The molecule has 2 aliphatic rings. The summed E-state index contributed by atoms with van der Waals surface area (Å²) >= 11 is 0. The van der Waals surface area contributed by atoms with Gasteiger partial charge in [-0.15, -0.1) is 0 Å². The van der Waals surface area contributed by atoms with Gasteiger partial charge in [-0.3, -0.25) is 0 Å². The number of alkyl halides is 6. The molecular formula is C14H10F6O2. The van der Waals surface area contributed by atoms with Crippen LogP contribution in [0.5, 0.6) is 0 Å². The first-order valence-electron chi connectivity index (χ1n) is 6.04. The van der Waals surface area contributed by atoms with Gasteiger partial charge in [0.15, 0.2) is 12.2 Å². The Morgan fingerprint density at radius 3 is 1.36 bits per heavy atom. The normalized spacial score (nSPS) is 15.8. The minimum absolute atomic E-state index is 0.201. The molecule has 0 aromatic heterocycles. The summed E-state index contributed by atoms with van der Waals surface area (Å²) in [6.45, 7) is 0. The van der Waals surface area contributed by atoms with Gasteiger partial charge in [-0.2, -0.15) is 26.3 Å². The second-order valence-electron chi connectivity index (χ2n) is 4.68. The molecule has 2 unspecified atom stereocenters. The topological polar surface area (TPSA) is 40.5 Å². The van der Waals surface area contributed by atoms with Crippen molar-refractivity contribution in [2.24, 2.45) is 0 Å². The van der Waals surface area contributed by atoms with Gasteiger partial charge in [-0.05, 0) is 28.3 Å². The molecule has 0 fully saturated rings. The van der Waals surface area contributed by atoms with Crippen molar-refractivity contribution in [2.75, 3.05) is 0 Å². The van der Waals surface area contributed by atoms with E-state index in [1.165, 1.54) is 18.2 Å². The molecular weight excluding hydrogens is 314 g/mol. The number of halogens is 6. The average Bonchev–Trinajstić information content (AvgIpc) is 2.57. The van der Waals surface area contributed by atoms with Crippen LogP contribution in [0.1, 0.15) is 23.3 Å². The summed E-state index contributed by atoms with van der Waals surface area (Å²) in [7, 11) is 0. The molecule has 0 bridgehead atoms. The molecule has 2 nitrogen and oxygen atoms in total. The molecule has 0 saturated carbocycles. The molecule has 0 spiro atoms. The average molecular weight is 324 g/mol. The molecule has 2 aliphatic carbocycles. The fourth-order valence-corrected chi connectivity index (χ4v) is 2.18. The summed E-state index contributed by atoms with van der Waals surface area (Å²) in [5, 5.41) is 18.7. The Labute approximate surface area is 121 Å². The van der Waals surface area contributed by atoms with E-state index in [2.05, 4.69) is 0 Å². The molecule has 0 heterocycles. The van der Waals surface area contributed by atoms with Crippen LogP contribution in [0.3, 0.4) is 0 Å². The Morgan fingerprint density at radius 2 is 1.05 bits per heavy atom. The van der Waals surface area contributed by atoms with E-state index in [0.29, 0.717) is 6.07 Å². The molecule has 0 amide bonds. The van der Waals surface area contributed by atoms with Crippen molar-refractivity contribution in [3.8, 4) is 11.1 Å². The van der Waals surface area contributed by atoms with E-state index in [9.17, 15) is 36.6 Å². The third-order valence-electron chi connectivity index (χ3n) is 3.18. The quantitative estimate of drug-likeness (QED) is 0.820. The lowest BCUT2D eigenvalue weighted by molar-refractivity contribution is -0.207. The summed E-state index contributed by atoms with van der Waals surface area (Å²) < 4.78 is 76.0. The molecule has 2 rings (SSSR count). The Balaban J connectivity index is 2.66. The van der Waals surface area contributed by atoms with Crippen LogP contribution >= 0.6 is 0 Å². The largest absolute Gasteiger partial charge is 0.418 e. The molecule has 0 radical (unpaired) electrons. The number of aliphatic hydroxyl groups is 2. The van der Waals surface area contributed by atoms with Crippen molar-refractivity contribution in [3.63, 3.8) is 0 Å². The SMILES string of the molecule is OC(c1cc(C(O)C(F)(F)F)c2cccccc1-2)C(F)(F)F. The van der Waals surface area contributed by atoms with Gasteiger partial charge in [-0.25, -0.2) is 0 Å². The van der Waals surface area contributed by atoms with Gasteiger partial charge >= 0.3 is 12.4 Å².